The van der Waals surface area contributed by atoms with Crippen LogP contribution in [0, 0.1) is 17.2 Å². The minimum atomic E-state index is -4.55. The predicted molar refractivity (Wildman–Crippen MR) is 50.4 cm³/mol. The first-order valence-corrected chi connectivity index (χ1v) is 5.38. The molecule has 0 aromatic heterocycles. The van der Waals surface area contributed by atoms with Gasteiger partial charge in [-0.05, 0) is 25.7 Å². The Kier molecular flexibility index (Phi) is 4.15. The van der Waals surface area contributed by atoms with Crippen molar-refractivity contribution in [3.05, 3.63) is 0 Å². The highest BCUT2D eigenvalue weighted by Crippen LogP contribution is 2.41. The van der Waals surface area contributed by atoms with Crippen LogP contribution >= 0.6 is 0 Å². The monoisotopic (exact) mass is 274 g/mol. The lowest BCUT2D eigenvalue weighted by molar-refractivity contribution is -0.187. The summed E-state index contributed by atoms with van der Waals surface area (Å²) in [6, 6.07) is 1.58. The zero-order valence-corrected chi connectivity index (χ0v) is 9.33. The maximum Gasteiger partial charge on any atom is 0.401 e. The third-order valence-corrected chi connectivity index (χ3v) is 3.06. The molecule has 0 radical (unpaired) electrons. The molecule has 1 aliphatic rings. The van der Waals surface area contributed by atoms with E-state index in [1.165, 1.54) is 0 Å². The molecule has 0 heterocycles. The molecule has 0 amide bonds. The topological polar surface area (TPSA) is 35.8 Å². The van der Waals surface area contributed by atoms with Crippen molar-refractivity contribution < 1.29 is 26.3 Å². The molecule has 8 heteroatoms. The lowest BCUT2D eigenvalue weighted by Crippen LogP contribution is -2.52. The maximum absolute atomic E-state index is 12.5. The highest BCUT2D eigenvalue weighted by Gasteiger charge is 2.48. The van der Waals surface area contributed by atoms with Crippen LogP contribution in [0.3, 0.4) is 0 Å². The molecule has 1 aliphatic carbocycles. The van der Waals surface area contributed by atoms with E-state index in [1.807, 2.05) is 5.32 Å². The van der Waals surface area contributed by atoms with Gasteiger partial charge in [-0.25, -0.2) is 0 Å². The van der Waals surface area contributed by atoms with Gasteiger partial charge in [0.25, 0.3) is 0 Å². The lowest BCUT2D eigenvalue weighted by Gasteiger charge is -2.37. The van der Waals surface area contributed by atoms with Gasteiger partial charge in [0.15, 0.2) is 0 Å². The average molecular weight is 274 g/mol. The van der Waals surface area contributed by atoms with Gasteiger partial charge in [0.05, 0.1) is 18.5 Å². The Hall–Kier alpha value is -0.970. The van der Waals surface area contributed by atoms with Crippen molar-refractivity contribution in [2.24, 2.45) is 5.92 Å². The first-order valence-electron chi connectivity index (χ1n) is 5.38. The molecule has 0 aliphatic heterocycles. The number of nitriles is 1. The van der Waals surface area contributed by atoms with Crippen LogP contribution in [0.25, 0.3) is 0 Å². The van der Waals surface area contributed by atoms with Crippen molar-refractivity contribution in [2.45, 2.75) is 43.6 Å². The van der Waals surface area contributed by atoms with Gasteiger partial charge >= 0.3 is 12.4 Å². The van der Waals surface area contributed by atoms with Gasteiger partial charge in [0.2, 0.25) is 0 Å². The molecule has 0 saturated heterocycles. The highest BCUT2D eigenvalue weighted by atomic mass is 19.4. The second kappa shape index (κ2) is 4.96. The van der Waals surface area contributed by atoms with Gasteiger partial charge in [-0.15, -0.1) is 0 Å². The van der Waals surface area contributed by atoms with Crippen LogP contribution in [0.5, 0.6) is 0 Å². The van der Waals surface area contributed by atoms with E-state index in [1.54, 1.807) is 6.07 Å². The Morgan fingerprint density at radius 1 is 1.22 bits per heavy atom. The van der Waals surface area contributed by atoms with Gasteiger partial charge in [-0.3, -0.25) is 5.32 Å². The molecule has 104 valence electrons. The molecule has 2 atom stereocenters. The molecule has 0 aromatic carbocycles. The fourth-order valence-electron chi connectivity index (χ4n) is 2.13. The van der Waals surface area contributed by atoms with Gasteiger partial charge in [0.1, 0.15) is 5.54 Å². The molecule has 2 unspecified atom stereocenters. The third kappa shape index (κ3) is 4.05. The summed E-state index contributed by atoms with van der Waals surface area (Å²) in [7, 11) is 0. The second-order valence-electron chi connectivity index (χ2n) is 4.50. The number of hydrogen-bond acceptors (Lipinski definition) is 2. The Bertz CT molecular complexity index is 329. The van der Waals surface area contributed by atoms with Crippen LogP contribution in [0.2, 0.25) is 0 Å². The van der Waals surface area contributed by atoms with Gasteiger partial charge in [-0.1, -0.05) is 0 Å². The summed E-state index contributed by atoms with van der Waals surface area (Å²) in [6.07, 6.45) is -9.68. The zero-order valence-electron chi connectivity index (χ0n) is 9.33. The Balaban J connectivity index is 2.73. The van der Waals surface area contributed by atoms with E-state index in [9.17, 15) is 26.3 Å². The van der Waals surface area contributed by atoms with Crippen molar-refractivity contribution >= 4 is 0 Å². The molecule has 0 bridgehead atoms. The summed E-state index contributed by atoms with van der Waals surface area (Å²) in [4.78, 5) is 0. The molecule has 1 saturated carbocycles. The minimum absolute atomic E-state index is 0.00611. The van der Waals surface area contributed by atoms with Gasteiger partial charge < -0.3 is 0 Å². The van der Waals surface area contributed by atoms with Crippen molar-refractivity contribution in [2.75, 3.05) is 6.54 Å². The Labute approximate surface area is 100.0 Å². The van der Waals surface area contributed by atoms with E-state index in [0.717, 1.165) is 0 Å². The van der Waals surface area contributed by atoms with E-state index >= 15 is 0 Å². The SMILES string of the molecule is N#CC1(NCC(F)(F)F)CCCC(C(F)(F)F)C1. The zero-order chi connectivity index (χ0) is 14.0. The van der Waals surface area contributed by atoms with Crippen LogP contribution in [0.15, 0.2) is 0 Å². The Morgan fingerprint density at radius 2 is 1.83 bits per heavy atom. The standard InChI is InChI=1S/C10H12F6N2/c11-9(12,13)6-18-8(5-17)3-1-2-7(4-8)10(14,15)16/h7,18H,1-4,6H2. The van der Waals surface area contributed by atoms with Gasteiger partial charge in [-0.2, -0.15) is 31.6 Å². The van der Waals surface area contributed by atoms with Gasteiger partial charge in [0, 0.05) is 0 Å². The number of hydrogen-bond donors (Lipinski definition) is 1. The van der Waals surface area contributed by atoms with Crippen molar-refractivity contribution in [3.8, 4) is 6.07 Å². The summed E-state index contributed by atoms with van der Waals surface area (Å²) in [6.45, 7) is -1.45. The van der Waals surface area contributed by atoms with Crippen LogP contribution < -0.4 is 5.32 Å². The number of alkyl halides is 6. The van der Waals surface area contributed by atoms with E-state index in [4.69, 9.17) is 5.26 Å². The molecule has 1 fully saturated rings. The highest BCUT2D eigenvalue weighted by molar-refractivity contribution is 5.10. The first-order chi connectivity index (χ1) is 8.08. The van der Waals surface area contributed by atoms with E-state index in [-0.39, 0.29) is 19.3 Å². The van der Waals surface area contributed by atoms with E-state index in [2.05, 4.69) is 0 Å². The molecule has 0 aromatic rings. The molecular weight excluding hydrogens is 262 g/mol. The lowest BCUT2D eigenvalue weighted by atomic mass is 9.76. The van der Waals surface area contributed by atoms with Crippen LogP contribution in [-0.2, 0) is 0 Å². The van der Waals surface area contributed by atoms with E-state index in [0.29, 0.717) is 0 Å². The smallest absolute Gasteiger partial charge is 0.291 e. The fourth-order valence-corrected chi connectivity index (χ4v) is 2.13. The average Bonchev–Trinajstić information content (AvgIpc) is 2.25. The number of halogens is 6. The first kappa shape index (κ1) is 15.1. The molecule has 2 nitrogen and oxygen atoms in total. The molecule has 18 heavy (non-hydrogen) atoms. The van der Waals surface area contributed by atoms with Crippen molar-refractivity contribution in [1.29, 1.82) is 5.26 Å². The van der Waals surface area contributed by atoms with Crippen LogP contribution in [-0.4, -0.2) is 24.4 Å². The molecule has 0 spiro atoms. The van der Waals surface area contributed by atoms with Crippen LogP contribution in [0.4, 0.5) is 26.3 Å². The number of nitrogens with one attached hydrogen (secondary N) is 1. The Morgan fingerprint density at radius 3 is 2.28 bits per heavy atom. The maximum atomic E-state index is 12.5. The van der Waals surface area contributed by atoms with Crippen molar-refractivity contribution in [3.63, 3.8) is 0 Å². The third-order valence-electron chi connectivity index (χ3n) is 3.06. The summed E-state index contributed by atoms with van der Waals surface area (Å²) >= 11 is 0. The number of nitrogens with zero attached hydrogens (tertiary/aromatic N) is 1. The number of rotatable bonds is 2. The summed E-state index contributed by atoms with van der Waals surface area (Å²) in [5.74, 6) is -1.72. The van der Waals surface area contributed by atoms with Crippen molar-refractivity contribution in [1.82, 2.24) is 5.32 Å². The quantitative estimate of drug-likeness (QED) is 0.785. The predicted octanol–water partition coefficient (Wildman–Crippen LogP) is 3.15. The molecule has 1 rings (SSSR count). The van der Waals surface area contributed by atoms with E-state index < -0.39 is 36.8 Å². The minimum Gasteiger partial charge on any atom is -0.291 e. The summed E-state index contributed by atoms with van der Waals surface area (Å²) < 4.78 is 73.8. The molecular formula is C10H12F6N2. The fraction of sp³-hybridized carbons (Fsp3) is 0.900. The second-order valence-corrected chi connectivity index (χ2v) is 4.50. The summed E-state index contributed by atoms with van der Waals surface area (Å²) in [5, 5.41) is 10.8. The summed E-state index contributed by atoms with van der Waals surface area (Å²) in [5.41, 5.74) is -1.73. The largest absolute Gasteiger partial charge is 0.401 e. The normalized spacial score (nSPS) is 29.9. The van der Waals surface area contributed by atoms with Crippen LogP contribution in [0.1, 0.15) is 25.7 Å². The molecule has 1 N–H and O–H groups in total.